The SMILES string of the molecule is CCCCCNc1ccc(C(=O)Nc2ccc(C(=O)OC)cc2)nn1. The Morgan fingerprint density at radius 1 is 1.04 bits per heavy atom. The second-order valence-electron chi connectivity index (χ2n) is 5.46. The molecule has 0 aliphatic heterocycles. The van der Waals surface area contributed by atoms with Crippen molar-refractivity contribution in [2.75, 3.05) is 24.3 Å². The molecule has 0 saturated heterocycles. The van der Waals surface area contributed by atoms with Crippen LogP contribution in [0.15, 0.2) is 36.4 Å². The summed E-state index contributed by atoms with van der Waals surface area (Å²) in [6.07, 6.45) is 3.39. The van der Waals surface area contributed by atoms with Crippen molar-refractivity contribution in [1.29, 1.82) is 0 Å². The Morgan fingerprint density at radius 3 is 2.40 bits per heavy atom. The van der Waals surface area contributed by atoms with E-state index >= 15 is 0 Å². The molecule has 1 amide bonds. The molecule has 132 valence electrons. The van der Waals surface area contributed by atoms with E-state index in [9.17, 15) is 9.59 Å². The predicted molar refractivity (Wildman–Crippen MR) is 95.8 cm³/mol. The van der Waals surface area contributed by atoms with Crippen molar-refractivity contribution in [1.82, 2.24) is 10.2 Å². The number of esters is 1. The quantitative estimate of drug-likeness (QED) is 0.565. The average Bonchev–Trinajstić information content (AvgIpc) is 2.65. The van der Waals surface area contributed by atoms with Crippen LogP contribution in [0.5, 0.6) is 0 Å². The minimum absolute atomic E-state index is 0.219. The molecule has 7 nitrogen and oxygen atoms in total. The van der Waals surface area contributed by atoms with E-state index in [0.717, 1.165) is 25.8 Å². The Hall–Kier alpha value is -2.96. The van der Waals surface area contributed by atoms with Gasteiger partial charge in [0.15, 0.2) is 5.69 Å². The lowest BCUT2D eigenvalue weighted by Gasteiger charge is -2.07. The van der Waals surface area contributed by atoms with Crippen LogP contribution in [0.4, 0.5) is 11.5 Å². The monoisotopic (exact) mass is 342 g/mol. The van der Waals surface area contributed by atoms with E-state index < -0.39 is 5.97 Å². The fourth-order valence-electron chi connectivity index (χ4n) is 2.14. The molecule has 0 spiro atoms. The molecular formula is C18H22N4O3. The normalized spacial score (nSPS) is 10.2. The highest BCUT2D eigenvalue weighted by Gasteiger charge is 2.10. The number of amides is 1. The van der Waals surface area contributed by atoms with Crippen molar-refractivity contribution in [3.8, 4) is 0 Å². The molecule has 0 bridgehead atoms. The molecule has 1 aromatic carbocycles. The van der Waals surface area contributed by atoms with E-state index in [1.807, 2.05) is 0 Å². The summed E-state index contributed by atoms with van der Waals surface area (Å²) in [5, 5.41) is 13.8. The van der Waals surface area contributed by atoms with E-state index in [0.29, 0.717) is 17.1 Å². The number of hydrogen-bond donors (Lipinski definition) is 2. The van der Waals surface area contributed by atoms with Crippen molar-refractivity contribution in [2.24, 2.45) is 0 Å². The van der Waals surface area contributed by atoms with Crippen molar-refractivity contribution in [3.63, 3.8) is 0 Å². The molecule has 0 atom stereocenters. The third-order valence-electron chi connectivity index (χ3n) is 3.55. The number of carbonyl (C=O) groups is 2. The van der Waals surface area contributed by atoms with Crippen molar-refractivity contribution < 1.29 is 14.3 Å². The number of rotatable bonds is 8. The van der Waals surface area contributed by atoms with E-state index in [1.54, 1.807) is 36.4 Å². The lowest BCUT2D eigenvalue weighted by molar-refractivity contribution is 0.0600. The summed E-state index contributed by atoms with van der Waals surface area (Å²) in [6, 6.07) is 9.76. The molecule has 2 rings (SSSR count). The molecule has 2 N–H and O–H groups in total. The maximum Gasteiger partial charge on any atom is 0.337 e. The number of benzene rings is 1. The molecular weight excluding hydrogens is 320 g/mol. The van der Waals surface area contributed by atoms with Crippen LogP contribution in [0.2, 0.25) is 0 Å². The van der Waals surface area contributed by atoms with Gasteiger partial charge in [0.1, 0.15) is 5.82 Å². The van der Waals surface area contributed by atoms with Crippen LogP contribution in [-0.4, -0.2) is 35.7 Å². The van der Waals surface area contributed by atoms with Gasteiger partial charge in [-0.1, -0.05) is 19.8 Å². The van der Waals surface area contributed by atoms with E-state index in [2.05, 4.69) is 32.5 Å². The highest BCUT2D eigenvalue weighted by Crippen LogP contribution is 2.12. The van der Waals surface area contributed by atoms with Crippen LogP contribution in [-0.2, 0) is 4.74 Å². The Labute approximate surface area is 146 Å². The number of hydrogen-bond acceptors (Lipinski definition) is 6. The fourth-order valence-corrected chi connectivity index (χ4v) is 2.14. The third-order valence-corrected chi connectivity index (χ3v) is 3.55. The average molecular weight is 342 g/mol. The van der Waals surface area contributed by atoms with Crippen molar-refractivity contribution in [3.05, 3.63) is 47.7 Å². The summed E-state index contributed by atoms with van der Waals surface area (Å²) in [4.78, 5) is 23.6. The molecule has 0 radical (unpaired) electrons. The number of nitrogens with one attached hydrogen (secondary N) is 2. The highest BCUT2D eigenvalue weighted by atomic mass is 16.5. The van der Waals surface area contributed by atoms with Crippen LogP contribution in [0.1, 0.15) is 47.0 Å². The zero-order valence-electron chi connectivity index (χ0n) is 14.4. The molecule has 2 aromatic rings. The Kier molecular flexibility index (Phi) is 6.88. The van der Waals surface area contributed by atoms with Gasteiger partial charge in [-0.2, -0.15) is 0 Å². The standard InChI is InChI=1S/C18H22N4O3/c1-3-4-5-12-19-16-11-10-15(21-22-16)17(23)20-14-8-6-13(7-9-14)18(24)25-2/h6-11H,3-5,12H2,1-2H3,(H,19,22)(H,20,23). The van der Waals surface area contributed by atoms with Crippen LogP contribution >= 0.6 is 0 Å². The van der Waals surface area contributed by atoms with E-state index in [1.165, 1.54) is 7.11 Å². The first-order valence-corrected chi connectivity index (χ1v) is 8.21. The topological polar surface area (TPSA) is 93.2 Å². The summed E-state index contributed by atoms with van der Waals surface area (Å²) in [5.41, 5.74) is 1.19. The molecule has 1 heterocycles. The summed E-state index contributed by atoms with van der Waals surface area (Å²) in [7, 11) is 1.32. The first-order chi connectivity index (χ1) is 12.1. The van der Waals surface area contributed by atoms with Gasteiger partial charge in [0, 0.05) is 12.2 Å². The van der Waals surface area contributed by atoms with E-state index in [4.69, 9.17) is 0 Å². The van der Waals surface area contributed by atoms with Crippen LogP contribution < -0.4 is 10.6 Å². The molecule has 1 aromatic heterocycles. The van der Waals surface area contributed by atoms with Gasteiger partial charge in [0.05, 0.1) is 12.7 Å². The minimum atomic E-state index is -0.425. The van der Waals surface area contributed by atoms with Gasteiger partial charge < -0.3 is 15.4 Å². The lowest BCUT2D eigenvalue weighted by atomic mass is 10.2. The van der Waals surface area contributed by atoms with Gasteiger partial charge in [-0.25, -0.2) is 4.79 Å². The number of carbonyl (C=O) groups excluding carboxylic acids is 2. The van der Waals surface area contributed by atoms with Gasteiger partial charge in [-0.3, -0.25) is 4.79 Å². The number of aromatic nitrogens is 2. The maximum absolute atomic E-state index is 12.2. The number of anilines is 2. The summed E-state index contributed by atoms with van der Waals surface area (Å²) < 4.78 is 4.63. The Balaban J connectivity index is 1.91. The summed E-state index contributed by atoms with van der Waals surface area (Å²) >= 11 is 0. The molecule has 0 aliphatic rings. The molecule has 0 unspecified atom stereocenters. The largest absolute Gasteiger partial charge is 0.465 e. The smallest absolute Gasteiger partial charge is 0.337 e. The zero-order valence-corrected chi connectivity index (χ0v) is 14.4. The molecule has 7 heteroatoms. The van der Waals surface area contributed by atoms with Crippen LogP contribution in [0, 0.1) is 0 Å². The second kappa shape index (κ2) is 9.36. The highest BCUT2D eigenvalue weighted by molar-refractivity contribution is 6.03. The summed E-state index contributed by atoms with van der Waals surface area (Å²) in [5.74, 6) is -0.142. The van der Waals surface area contributed by atoms with Gasteiger partial charge in [-0.15, -0.1) is 10.2 Å². The molecule has 0 saturated carbocycles. The number of ether oxygens (including phenoxy) is 1. The first kappa shape index (κ1) is 18.4. The lowest BCUT2D eigenvalue weighted by Crippen LogP contribution is -2.15. The van der Waals surface area contributed by atoms with Crippen molar-refractivity contribution >= 4 is 23.4 Å². The maximum atomic E-state index is 12.2. The van der Waals surface area contributed by atoms with Crippen molar-refractivity contribution in [2.45, 2.75) is 26.2 Å². The predicted octanol–water partition coefficient (Wildman–Crippen LogP) is 3.12. The van der Waals surface area contributed by atoms with Gasteiger partial charge in [0.25, 0.3) is 5.91 Å². The van der Waals surface area contributed by atoms with Crippen LogP contribution in [0.3, 0.4) is 0 Å². The van der Waals surface area contributed by atoms with Gasteiger partial charge in [0.2, 0.25) is 0 Å². The minimum Gasteiger partial charge on any atom is -0.465 e. The third kappa shape index (κ3) is 5.56. The summed E-state index contributed by atoms with van der Waals surface area (Å²) in [6.45, 7) is 2.98. The van der Waals surface area contributed by atoms with Crippen LogP contribution in [0.25, 0.3) is 0 Å². The van der Waals surface area contributed by atoms with Gasteiger partial charge >= 0.3 is 5.97 Å². The van der Waals surface area contributed by atoms with E-state index in [-0.39, 0.29) is 11.6 Å². The fraction of sp³-hybridized carbons (Fsp3) is 0.333. The Bertz CT molecular complexity index is 699. The molecule has 25 heavy (non-hydrogen) atoms. The van der Waals surface area contributed by atoms with Gasteiger partial charge in [-0.05, 0) is 42.8 Å². The Morgan fingerprint density at radius 2 is 1.80 bits per heavy atom. The second-order valence-corrected chi connectivity index (χ2v) is 5.46. The molecule has 0 fully saturated rings. The molecule has 0 aliphatic carbocycles. The number of methoxy groups -OCH3 is 1. The zero-order chi connectivity index (χ0) is 18.1. The first-order valence-electron chi connectivity index (χ1n) is 8.21. The number of nitrogens with zero attached hydrogens (tertiary/aromatic N) is 2. The number of unbranched alkanes of at least 4 members (excludes halogenated alkanes) is 2.